The van der Waals surface area contributed by atoms with E-state index in [9.17, 15) is 9.18 Å². The number of pyridine rings is 1. The predicted molar refractivity (Wildman–Crippen MR) is 78.4 cm³/mol. The van der Waals surface area contributed by atoms with E-state index in [-0.39, 0.29) is 6.54 Å². The maximum absolute atomic E-state index is 13.2. The first kappa shape index (κ1) is 14.9. The molecule has 0 saturated carbocycles. The van der Waals surface area contributed by atoms with E-state index in [4.69, 9.17) is 11.5 Å². The maximum Gasteiger partial charge on any atom is 0.231 e. The summed E-state index contributed by atoms with van der Waals surface area (Å²) in [6, 6.07) is 8.77. The van der Waals surface area contributed by atoms with Crippen LogP contribution in [0.15, 0.2) is 42.7 Å². The van der Waals surface area contributed by atoms with E-state index in [1.165, 1.54) is 6.07 Å². The van der Waals surface area contributed by atoms with Crippen molar-refractivity contribution in [1.29, 1.82) is 0 Å². The van der Waals surface area contributed by atoms with E-state index < -0.39 is 11.7 Å². The Morgan fingerprint density at radius 1 is 1.24 bits per heavy atom. The fraction of sp³-hybridized carbons (Fsp3) is 0.200. The van der Waals surface area contributed by atoms with Crippen LogP contribution in [0.3, 0.4) is 0 Å². The SMILES string of the molecule is NC(=O)CN(Cc1cncc(F)c1)Cc1ccccc1N. The molecular formula is C15H17FN4O. The number of aromatic nitrogens is 1. The van der Waals surface area contributed by atoms with Gasteiger partial charge in [-0.2, -0.15) is 0 Å². The highest BCUT2D eigenvalue weighted by Crippen LogP contribution is 2.15. The molecule has 0 atom stereocenters. The molecule has 0 radical (unpaired) electrons. The highest BCUT2D eigenvalue weighted by Gasteiger charge is 2.12. The molecule has 1 aromatic carbocycles. The lowest BCUT2D eigenvalue weighted by atomic mass is 10.1. The molecule has 110 valence electrons. The summed E-state index contributed by atoms with van der Waals surface area (Å²) in [5, 5.41) is 0. The van der Waals surface area contributed by atoms with E-state index in [0.717, 1.165) is 11.8 Å². The van der Waals surface area contributed by atoms with Gasteiger partial charge < -0.3 is 11.5 Å². The molecule has 1 amide bonds. The Kier molecular flexibility index (Phi) is 4.84. The minimum Gasteiger partial charge on any atom is -0.398 e. The Bertz CT molecular complexity index is 633. The normalized spacial score (nSPS) is 10.8. The van der Waals surface area contributed by atoms with Crippen LogP contribution in [0, 0.1) is 5.82 Å². The number of halogens is 1. The first-order valence-corrected chi connectivity index (χ1v) is 6.48. The standard InChI is InChI=1S/C15H17FN4O/c16-13-5-11(6-19-7-13)8-20(10-15(18)21)9-12-3-1-2-4-14(12)17/h1-7H,8-10,17H2,(H2,18,21). The van der Waals surface area contributed by atoms with Gasteiger partial charge in [0.25, 0.3) is 0 Å². The number of anilines is 1. The molecule has 0 aliphatic heterocycles. The minimum absolute atomic E-state index is 0.0604. The van der Waals surface area contributed by atoms with Crippen molar-refractivity contribution >= 4 is 11.6 Å². The second kappa shape index (κ2) is 6.81. The van der Waals surface area contributed by atoms with Crippen LogP contribution < -0.4 is 11.5 Å². The highest BCUT2D eigenvalue weighted by atomic mass is 19.1. The van der Waals surface area contributed by atoms with E-state index >= 15 is 0 Å². The van der Waals surface area contributed by atoms with Crippen molar-refractivity contribution in [2.75, 3.05) is 12.3 Å². The molecule has 6 heteroatoms. The van der Waals surface area contributed by atoms with Crippen LogP contribution in [0.25, 0.3) is 0 Å². The van der Waals surface area contributed by atoms with Crippen molar-refractivity contribution in [3.05, 3.63) is 59.7 Å². The largest absolute Gasteiger partial charge is 0.398 e. The Hall–Kier alpha value is -2.47. The topological polar surface area (TPSA) is 85.2 Å². The predicted octanol–water partition coefficient (Wildman–Crippen LogP) is 1.29. The van der Waals surface area contributed by atoms with Gasteiger partial charge in [0, 0.05) is 25.0 Å². The Morgan fingerprint density at radius 2 is 2.00 bits per heavy atom. The van der Waals surface area contributed by atoms with E-state index in [1.807, 2.05) is 18.2 Å². The minimum atomic E-state index is -0.450. The van der Waals surface area contributed by atoms with Crippen molar-refractivity contribution in [1.82, 2.24) is 9.88 Å². The van der Waals surface area contributed by atoms with Gasteiger partial charge >= 0.3 is 0 Å². The lowest BCUT2D eigenvalue weighted by Gasteiger charge is -2.21. The second-order valence-corrected chi connectivity index (χ2v) is 4.82. The number of nitrogen functional groups attached to an aromatic ring is 1. The summed E-state index contributed by atoms with van der Waals surface area (Å²) in [6.07, 6.45) is 2.70. The van der Waals surface area contributed by atoms with Crippen molar-refractivity contribution < 1.29 is 9.18 Å². The zero-order valence-corrected chi connectivity index (χ0v) is 11.5. The van der Waals surface area contributed by atoms with Crippen LogP contribution in [0.4, 0.5) is 10.1 Å². The smallest absolute Gasteiger partial charge is 0.231 e. The molecular weight excluding hydrogens is 271 g/mol. The molecule has 0 bridgehead atoms. The third kappa shape index (κ3) is 4.54. The number of para-hydroxylation sites is 1. The van der Waals surface area contributed by atoms with Crippen LogP contribution in [0.1, 0.15) is 11.1 Å². The third-order valence-electron chi connectivity index (χ3n) is 3.00. The average molecular weight is 288 g/mol. The van der Waals surface area contributed by atoms with E-state index in [1.54, 1.807) is 17.2 Å². The lowest BCUT2D eigenvalue weighted by molar-refractivity contribution is -0.119. The Morgan fingerprint density at radius 3 is 2.67 bits per heavy atom. The molecule has 0 aliphatic rings. The summed E-state index contributed by atoms with van der Waals surface area (Å²) < 4.78 is 13.2. The molecule has 1 aromatic heterocycles. The van der Waals surface area contributed by atoms with Gasteiger partial charge in [0.05, 0.1) is 12.7 Å². The van der Waals surface area contributed by atoms with Gasteiger partial charge in [-0.3, -0.25) is 14.7 Å². The summed E-state index contributed by atoms with van der Waals surface area (Å²) in [5.41, 5.74) is 13.4. The maximum atomic E-state index is 13.2. The van der Waals surface area contributed by atoms with Crippen molar-refractivity contribution in [3.8, 4) is 0 Å². The third-order valence-corrected chi connectivity index (χ3v) is 3.00. The number of rotatable bonds is 6. The molecule has 2 rings (SSSR count). The van der Waals surface area contributed by atoms with Crippen LogP contribution in [-0.4, -0.2) is 22.3 Å². The summed E-state index contributed by atoms with van der Waals surface area (Å²) in [4.78, 5) is 16.8. The number of primary amides is 1. The van der Waals surface area contributed by atoms with Crippen LogP contribution in [-0.2, 0) is 17.9 Å². The quantitative estimate of drug-likeness (QED) is 0.784. The van der Waals surface area contributed by atoms with Gasteiger partial charge in [-0.1, -0.05) is 18.2 Å². The summed E-state index contributed by atoms with van der Waals surface area (Å²) in [7, 11) is 0. The molecule has 21 heavy (non-hydrogen) atoms. The second-order valence-electron chi connectivity index (χ2n) is 4.82. The Balaban J connectivity index is 2.15. The number of hydrogen-bond donors (Lipinski definition) is 2. The van der Waals surface area contributed by atoms with Crippen molar-refractivity contribution in [3.63, 3.8) is 0 Å². The first-order chi connectivity index (χ1) is 10.0. The number of nitrogens with two attached hydrogens (primary N) is 2. The van der Waals surface area contributed by atoms with Crippen molar-refractivity contribution in [2.24, 2.45) is 5.73 Å². The molecule has 0 saturated heterocycles. The zero-order valence-electron chi connectivity index (χ0n) is 11.5. The number of amides is 1. The molecule has 1 heterocycles. The first-order valence-electron chi connectivity index (χ1n) is 6.48. The van der Waals surface area contributed by atoms with E-state index in [0.29, 0.717) is 24.3 Å². The molecule has 0 unspecified atom stereocenters. The molecule has 4 N–H and O–H groups in total. The number of benzene rings is 1. The van der Waals surface area contributed by atoms with E-state index in [2.05, 4.69) is 4.98 Å². The summed E-state index contributed by atoms with van der Waals surface area (Å²) in [5.74, 6) is -0.861. The molecule has 0 spiro atoms. The molecule has 0 fully saturated rings. The summed E-state index contributed by atoms with van der Waals surface area (Å²) in [6.45, 7) is 0.874. The summed E-state index contributed by atoms with van der Waals surface area (Å²) >= 11 is 0. The number of carbonyl (C=O) groups excluding carboxylic acids is 1. The monoisotopic (exact) mass is 288 g/mol. The Labute approximate surface area is 122 Å². The fourth-order valence-electron chi connectivity index (χ4n) is 2.11. The zero-order chi connectivity index (χ0) is 15.2. The van der Waals surface area contributed by atoms with Gasteiger partial charge in [-0.25, -0.2) is 4.39 Å². The number of hydrogen-bond acceptors (Lipinski definition) is 4. The van der Waals surface area contributed by atoms with Crippen LogP contribution >= 0.6 is 0 Å². The van der Waals surface area contributed by atoms with Gasteiger partial charge in [-0.05, 0) is 23.3 Å². The highest BCUT2D eigenvalue weighted by molar-refractivity contribution is 5.75. The van der Waals surface area contributed by atoms with Gasteiger partial charge in [0.1, 0.15) is 5.82 Å². The molecule has 0 aliphatic carbocycles. The molecule has 2 aromatic rings. The average Bonchev–Trinajstić information content (AvgIpc) is 2.40. The van der Waals surface area contributed by atoms with Crippen molar-refractivity contribution in [2.45, 2.75) is 13.1 Å². The number of nitrogens with zero attached hydrogens (tertiary/aromatic N) is 2. The van der Waals surface area contributed by atoms with Gasteiger partial charge in [0.15, 0.2) is 0 Å². The lowest BCUT2D eigenvalue weighted by Crippen LogP contribution is -2.33. The van der Waals surface area contributed by atoms with Crippen LogP contribution in [0.2, 0.25) is 0 Å². The fourth-order valence-corrected chi connectivity index (χ4v) is 2.11. The molecule has 5 nitrogen and oxygen atoms in total. The van der Waals surface area contributed by atoms with Crippen LogP contribution in [0.5, 0.6) is 0 Å². The van der Waals surface area contributed by atoms with Gasteiger partial charge in [-0.15, -0.1) is 0 Å². The van der Waals surface area contributed by atoms with Gasteiger partial charge in [0.2, 0.25) is 5.91 Å². The number of carbonyl (C=O) groups is 1.